The van der Waals surface area contributed by atoms with E-state index in [1.54, 1.807) is 12.1 Å². The van der Waals surface area contributed by atoms with Crippen molar-refractivity contribution >= 4 is 17.9 Å². The van der Waals surface area contributed by atoms with Gasteiger partial charge in [-0.2, -0.15) is 18.4 Å². The Hall–Kier alpha value is -3.48. The van der Waals surface area contributed by atoms with Crippen LogP contribution in [0.15, 0.2) is 30.9 Å². The third-order valence-electron chi connectivity index (χ3n) is 6.02. The molecule has 0 aromatic carbocycles. The van der Waals surface area contributed by atoms with Crippen molar-refractivity contribution in [1.82, 2.24) is 33.7 Å². The van der Waals surface area contributed by atoms with E-state index in [-0.39, 0.29) is 29.8 Å². The first kappa shape index (κ1) is 28.5. The average Bonchev–Trinajstić information content (AvgIpc) is 3.39. The van der Waals surface area contributed by atoms with Crippen LogP contribution in [0, 0.1) is 11.3 Å². The van der Waals surface area contributed by atoms with Crippen LogP contribution < -0.4 is 10.1 Å². The van der Waals surface area contributed by atoms with E-state index >= 15 is 0 Å². The van der Waals surface area contributed by atoms with Gasteiger partial charge in [0.15, 0.2) is 5.69 Å². The molecule has 0 spiro atoms. The molecule has 4 rings (SSSR count). The lowest BCUT2D eigenvalue weighted by atomic mass is 10.1. The SMILES string of the molecule is CSN1CCC(Nc2ncc(C(F)(F)F)c(-c3cn(-c4ccc(OCCN(C)C)nc4C#N)cn3)n2)C(F)C1. The molecule has 0 radical (unpaired) electrons. The maximum absolute atomic E-state index is 14.6. The number of pyridine rings is 1. The van der Waals surface area contributed by atoms with Crippen molar-refractivity contribution in [2.24, 2.45) is 0 Å². The quantitative estimate of drug-likeness (QED) is 0.305. The van der Waals surface area contributed by atoms with Crippen LogP contribution in [0.5, 0.6) is 5.88 Å². The van der Waals surface area contributed by atoms with Gasteiger partial charge in [0.1, 0.15) is 42.1 Å². The molecular weight excluding hydrogens is 538 g/mol. The number of ether oxygens (including phenoxy) is 1. The van der Waals surface area contributed by atoms with E-state index < -0.39 is 29.6 Å². The molecule has 1 aliphatic heterocycles. The average molecular weight is 566 g/mol. The van der Waals surface area contributed by atoms with E-state index in [2.05, 4.69) is 25.3 Å². The first-order valence-electron chi connectivity index (χ1n) is 12.0. The molecule has 39 heavy (non-hydrogen) atoms. The third kappa shape index (κ3) is 6.94. The molecule has 2 atom stereocenters. The number of nitriles is 1. The number of aromatic nitrogens is 5. The summed E-state index contributed by atoms with van der Waals surface area (Å²) < 4.78 is 65.0. The van der Waals surface area contributed by atoms with Crippen molar-refractivity contribution in [2.45, 2.75) is 24.8 Å². The first-order valence-corrected chi connectivity index (χ1v) is 13.1. The number of halogens is 4. The van der Waals surface area contributed by atoms with Crippen molar-refractivity contribution in [1.29, 1.82) is 5.26 Å². The standard InChI is InChI=1S/C24H27F4N9OS/c1-35(2)8-9-38-21-5-4-20(18(10-29)32-21)36-13-19(31-14-36)22-15(24(26,27)28)11-30-23(34-22)33-17-6-7-37(39-3)12-16(17)25/h4-5,11,13-14,16-17H,6-9,12H2,1-3H3,(H,30,33,34). The molecule has 1 fully saturated rings. The third-order valence-corrected chi connectivity index (χ3v) is 6.87. The fourth-order valence-corrected chi connectivity index (χ4v) is 4.52. The van der Waals surface area contributed by atoms with Crippen LogP contribution in [0.3, 0.4) is 0 Å². The summed E-state index contributed by atoms with van der Waals surface area (Å²) >= 11 is 1.44. The topological polar surface area (TPSA) is 108 Å². The van der Waals surface area contributed by atoms with Gasteiger partial charge in [-0.3, -0.25) is 0 Å². The Balaban J connectivity index is 1.61. The van der Waals surface area contributed by atoms with Crippen molar-refractivity contribution in [3.05, 3.63) is 42.1 Å². The largest absolute Gasteiger partial charge is 0.476 e. The number of rotatable bonds is 9. The van der Waals surface area contributed by atoms with Crippen molar-refractivity contribution < 1.29 is 22.3 Å². The minimum atomic E-state index is -4.76. The summed E-state index contributed by atoms with van der Waals surface area (Å²) in [6.07, 6.45) is -0.452. The number of hydrogen-bond acceptors (Lipinski definition) is 10. The minimum absolute atomic E-state index is 0.00737. The zero-order valence-corrected chi connectivity index (χ0v) is 22.3. The number of imidazole rings is 1. The number of alkyl halides is 4. The molecule has 0 aliphatic carbocycles. The lowest BCUT2D eigenvalue weighted by Gasteiger charge is -2.33. The predicted octanol–water partition coefficient (Wildman–Crippen LogP) is 3.66. The lowest BCUT2D eigenvalue weighted by molar-refractivity contribution is -0.137. The Labute approximate surface area is 227 Å². The summed E-state index contributed by atoms with van der Waals surface area (Å²) in [6, 6.07) is 4.47. The molecule has 15 heteroatoms. The van der Waals surface area contributed by atoms with Gasteiger partial charge in [0.05, 0.1) is 11.7 Å². The molecule has 0 saturated carbocycles. The van der Waals surface area contributed by atoms with Gasteiger partial charge in [0, 0.05) is 38.1 Å². The van der Waals surface area contributed by atoms with Gasteiger partial charge in [-0.25, -0.2) is 28.6 Å². The van der Waals surface area contributed by atoms with Crippen molar-refractivity contribution in [3.8, 4) is 29.0 Å². The number of likely N-dealkylation sites (N-methyl/N-ethyl adjacent to an activating group) is 1. The van der Waals surface area contributed by atoms with E-state index in [0.29, 0.717) is 38.0 Å². The Morgan fingerprint density at radius 1 is 1.26 bits per heavy atom. The maximum atomic E-state index is 14.6. The highest BCUT2D eigenvalue weighted by molar-refractivity contribution is 7.96. The van der Waals surface area contributed by atoms with Crippen LogP contribution in [0.4, 0.5) is 23.5 Å². The van der Waals surface area contributed by atoms with Gasteiger partial charge in [-0.15, -0.1) is 0 Å². The van der Waals surface area contributed by atoms with Gasteiger partial charge >= 0.3 is 6.18 Å². The summed E-state index contributed by atoms with van der Waals surface area (Å²) in [4.78, 5) is 18.1. The highest BCUT2D eigenvalue weighted by Gasteiger charge is 2.37. The second kappa shape index (κ2) is 12.1. The van der Waals surface area contributed by atoms with Crippen LogP contribution in [-0.2, 0) is 6.18 Å². The molecular formula is C24H27F4N9OS. The first-order chi connectivity index (χ1) is 18.6. The van der Waals surface area contributed by atoms with Crippen LogP contribution in [0.2, 0.25) is 0 Å². The number of nitrogens with one attached hydrogen (secondary N) is 1. The molecule has 3 aromatic heterocycles. The molecule has 1 aliphatic rings. The highest BCUT2D eigenvalue weighted by atomic mass is 32.2. The summed E-state index contributed by atoms with van der Waals surface area (Å²) in [5, 5.41) is 12.5. The molecule has 1 N–H and O–H groups in total. The fraction of sp³-hybridized carbons (Fsp3) is 0.458. The highest BCUT2D eigenvalue weighted by Crippen LogP contribution is 2.36. The smallest absolute Gasteiger partial charge is 0.420 e. The van der Waals surface area contributed by atoms with E-state index in [1.165, 1.54) is 29.0 Å². The molecule has 4 heterocycles. The van der Waals surface area contributed by atoms with E-state index in [9.17, 15) is 22.8 Å². The molecule has 3 aromatic rings. The van der Waals surface area contributed by atoms with Crippen LogP contribution in [-0.4, -0.2) is 92.5 Å². The second-order valence-corrected chi connectivity index (χ2v) is 9.91. The summed E-state index contributed by atoms with van der Waals surface area (Å²) in [6.45, 7) is 1.82. The molecule has 0 amide bonds. The summed E-state index contributed by atoms with van der Waals surface area (Å²) in [7, 11) is 3.79. The van der Waals surface area contributed by atoms with Crippen LogP contribution >= 0.6 is 11.9 Å². The minimum Gasteiger partial charge on any atom is -0.476 e. The lowest BCUT2D eigenvalue weighted by Crippen LogP contribution is -2.45. The van der Waals surface area contributed by atoms with E-state index in [1.807, 2.05) is 35.6 Å². The molecule has 0 bridgehead atoms. The predicted molar refractivity (Wildman–Crippen MR) is 138 cm³/mol. The van der Waals surface area contributed by atoms with Crippen molar-refractivity contribution in [3.63, 3.8) is 0 Å². The Kier molecular flexibility index (Phi) is 8.88. The molecule has 2 unspecified atom stereocenters. The van der Waals surface area contributed by atoms with Crippen LogP contribution in [0.25, 0.3) is 17.1 Å². The number of hydrogen-bond donors (Lipinski definition) is 1. The number of piperidine rings is 1. The fourth-order valence-electron chi connectivity index (χ4n) is 3.94. The monoisotopic (exact) mass is 565 g/mol. The Bertz CT molecular complexity index is 1330. The van der Waals surface area contributed by atoms with Gasteiger partial charge in [-0.05, 0) is 32.8 Å². The van der Waals surface area contributed by atoms with Crippen molar-refractivity contribution in [2.75, 3.05) is 51.9 Å². The van der Waals surface area contributed by atoms with E-state index in [0.717, 1.165) is 0 Å². The van der Waals surface area contributed by atoms with Gasteiger partial charge < -0.3 is 19.5 Å². The Morgan fingerprint density at radius 3 is 2.72 bits per heavy atom. The normalized spacial score (nSPS) is 18.2. The molecule has 208 valence electrons. The molecule has 1 saturated heterocycles. The number of anilines is 1. The zero-order chi connectivity index (χ0) is 28.2. The van der Waals surface area contributed by atoms with Crippen LogP contribution in [0.1, 0.15) is 17.7 Å². The summed E-state index contributed by atoms with van der Waals surface area (Å²) in [5.74, 6) is 0.120. The summed E-state index contributed by atoms with van der Waals surface area (Å²) in [5.41, 5.74) is -1.34. The van der Waals surface area contributed by atoms with E-state index in [4.69, 9.17) is 4.74 Å². The maximum Gasteiger partial charge on any atom is 0.420 e. The van der Waals surface area contributed by atoms with Gasteiger partial charge in [0.2, 0.25) is 11.8 Å². The second-order valence-electron chi connectivity index (χ2n) is 9.03. The molecule has 10 nitrogen and oxygen atoms in total. The van der Waals surface area contributed by atoms with Gasteiger partial charge in [-0.1, -0.05) is 11.9 Å². The zero-order valence-electron chi connectivity index (χ0n) is 21.5. The van der Waals surface area contributed by atoms with Gasteiger partial charge in [0.25, 0.3) is 0 Å². The number of nitrogens with zero attached hydrogens (tertiary/aromatic N) is 8. The Morgan fingerprint density at radius 2 is 2.05 bits per heavy atom.